The number of halogens is 1. The van der Waals surface area contributed by atoms with Crippen molar-refractivity contribution in [3.05, 3.63) is 84.3 Å². The highest BCUT2D eigenvalue weighted by Gasteiger charge is 2.04. The van der Waals surface area contributed by atoms with E-state index in [0.717, 1.165) is 5.56 Å². The van der Waals surface area contributed by atoms with Crippen LogP contribution in [-0.4, -0.2) is 10.9 Å². The van der Waals surface area contributed by atoms with E-state index in [1.807, 2.05) is 30.3 Å². The van der Waals surface area contributed by atoms with Gasteiger partial charge in [0, 0.05) is 12.1 Å². The van der Waals surface area contributed by atoms with E-state index < -0.39 is 0 Å². The molecule has 0 unspecified atom stereocenters. The SMILES string of the molecule is O=C(CCc1ccccc1)Nc1ccc(Nc2cccc(F)c2)nc1. The van der Waals surface area contributed by atoms with Crippen LogP contribution in [-0.2, 0) is 11.2 Å². The average Bonchev–Trinajstić information content (AvgIpc) is 2.63. The van der Waals surface area contributed by atoms with E-state index >= 15 is 0 Å². The van der Waals surface area contributed by atoms with Crippen LogP contribution in [0.3, 0.4) is 0 Å². The molecule has 1 aromatic heterocycles. The molecule has 25 heavy (non-hydrogen) atoms. The Bertz CT molecular complexity index is 835. The second kappa shape index (κ2) is 8.06. The fourth-order valence-electron chi connectivity index (χ4n) is 2.38. The maximum atomic E-state index is 13.2. The first-order valence-corrected chi connectivity index (χ1v) is 8.01. The Balaban J connectivity index is 1.52. The topological polar surface area (TPSA) is 54.0 Å². The van der Waals surface area contributed by atoms with Crippen molar-refractivity contribution in [1.29, 1.82) is 0 Å². The molecule has 126 valence electrons. The number of carbonyl (C=O) groups excluding carboxylic acids is 1. The number of aromatic nitrogens is 1. The minimum absolute atomic E-state index is 0.0588. The van der Waals surface area contributed by atoms with Crippen molar-refractivity contribution in [2.24, 2.45) is 0 Å². The first kappa shape index (κ1) is 16.6. The zero-order chi connectivity index (χ0) is 17.5. The van der Waals surface area contributed by atoms with Gasteiger partial charge in [0.15, 0.2) is 0 Å². The Morgan fingerprint density at radius 3 is 2.52 bits per heavy atom. The maximum Gasteiger partial charge on any atom is 0.224 e. The number of rotatable bonds is 6. The molecule has 0 atom stereocenters. The highest BCUT2D eigenvalue weighted by molar-refractivity contribution is 5.90. The molecule has 2 N–H and O–H groups in total. The number of carbonyl (C=O) groups is 1. The fourth-order valence-corrected chi connectivity index (χ4v) is 2.38. The summed E-state index contributed by atoms with van der Waals surface area (Å²) < 4.78 is 13.2. The van der Waals surface area contributed by atoms with Gasteiger partial charge in [0.25, 0.3) is 0 Å². The second-order valence-corrected chi connectivity index (χ2v) is 5.60. The minimum Gasteiger partial charge on any atom is -0.340 e. The maximum absolute atomic E-state index is 13.2. The molecule has 0 saturated heterocycles. The lowest BCUT2D eigenvalue weighted by atomic mass is 10.1. The lowest BCUT2D eigenvalue weighted by molar-refractivity contribution is -0.116. The molecule has 3 rings (SSSR count). The highest BCUT2D eigenvalue weighted by atomic mass is 19.1. The Labute approximate surface area is 145 Å². The van der Waals surface area contributed by atoms with Crippen LogP contribution in [0.5, 0.6) is 0 Å². The summed E-state index contributed by atoms with van der Waals surface area (Å²) in [7, 11) is 0. The van der Waals surface area contributed by atoms with Crippen LogP contribution in [0, 0.1) is 5.82 Å². The number of hydrogen-bond donors (Lipinski definition) is 2. The summed E-state index contributed by atoms with van der Waals surface area (Å²) in [5.41, 5.74) is 2.38. The molecule has 2 aromatic carbocycles. The Kier molecular flexibility index (Phi) is 5.36. The van der Waals surface area contributed by atoms with Gasteiger partial charge >= 0.3 is 0 Å². The number of nitrogens with one attached hydrogen (secondary N) is 2. The van der Waals surface area contributed by atoms with Crippen LogP contribution in [0.2, 0.25) is 0 Å². The van der Waals surface area contributed by atoms with Crippen molar-refractivity contribution >= 4 is 23.1 Å². The number of nitrogens with zero attached hydrogens (tertiary/aromatic N) is 1. The number of hydrogen-bond acceptors (Lipinski definition) is 3. The Morgan fingerprint density at radius 2 is 1.80 bits per heavy atom. The molecule has 3 aromatic rings. The standard InChI is InChI=1S/C20H18FN3O/c21-16-7-4-8-17(13-16)23-19-11-10-18(14-22-19)24-20(25)12-9-15-5-2-1-3-6-15/h1-8,10-11,13-14H,9,12H2,(H,22,23)(H,24,25). The summed E-state index contributed by atoms with van der Waals surface area (Å²) in [6.07, 6.45) is 2.68. The molecule has 5 heteroatoms. The van der Waals surface area contributed by atoms with E-state index in [4.69, 9.17) is 0 Å². The number of pyridine rings is 1. The largest absolute Gasteiger partial charge is 0.340 e. The van der Waals surface area contributed by atoms with E-state index in [0.29, 0.717) is 30.0 Å². The minimum atomic E-state index is -0.313. The molecule has 0 radical (unpaired) electrons. The van der Waals surface area contributed by atoms with Crippen LogP contribution in [0.25, 0.3) is 0 Å². The van der Waals surface area contributed by atoms with Gasteiger partial charge in [0.05, 0.1) is 11.9 Å². The molecule has 1 heterocycles. The zero-order valence-corrected chi connectivity index (χ0v) is 13.6. The van der Waals surface area contributed by atoms with Gasteiger partial charge < -0.3 is 10.6 Å². The molecular weight excluding hydrogens is 317 g/mol. The molecule has 0 aliphatic carbocycles. The molecule has 0 saturated carbocycles. The van der Waals surface area contributed by atoms with Crippen molar-refractivity contribution in [2.75, 3.05) is 10.6 Å². The third-order valence-corrected chi connectivity index (χ3v) is 3.63. The van der Waals surface area contributed by atoms with Gasteiger partial charge in [0.1, 0.15) is 11.6 Å². The van der Waals surface area contributed by atoms with Crippen LogP contribution in [0.4, 0.5) is 21.6 Å². The summed E-state index contributed by atoms with van der Waals surface area (Å²) in [6, 6.07) is 19.5. The predicted octanol–water partition coefficient (Wildman–Crippen LogP) is 4.54. The van der Waals surface area contributed by atoms with Crippen molar-refractivity contribution in [2.45, 2.75) is 12.8 Å². The molecule has 0 aliphatic heterocycles. The highest BCUT2D eigenvalue weighted by Crippen LogP contribution is 2.17. The monoisotopic (exact) mass is 335 g/mol. The van der Waals surface area contributed by atoms with Gasteiger partial charge in [-0.05, 0) is 42.3 Å². The average molecular weight is 335 g/mol. The van der Waals surface area contributed by atoms with Crippen molar-refractivity contribution in [3.8, 4) is 0 Å². The third kappa shape index (κ3) is 5.14. The Morgan fingerprint density at radius 1 is 0.960 bits per heavy atom. The lowest BCUT2D eigenvalue weighted by Crippen LogP contribution is -2.12. The molecule has 4 nitrogen and oxygen atoms in total. The van der Waals surface area contributed by atoms with E-state index in [1.165, 1.54) is 12.1 Å². The smallest absolute Gasteiger partial charge is 0.224 e. The molecule has 0 fully saturated rings. The van der Waals surface area contributed by atoms with Crippen molar-refractivity contribution < 1.29 is 9.18 Å². The van der Waals surface area contributed by atoms with Gasteiger partial charge in [0.2, 0.25) is 5.91 Å². The second-order valence-electron chi connectivity index (χ2n) is 5.60. The van der Waals surface area contributed by atoms with Crippen molar-refractivity contribution in [1.82, 2.24) is 4.98 Å². The van der Waals surface area contributed by atoms with Crippen LogP contribution in [0.1, 0.15) is 12.0 Å². The quantitative estimate of drug-likeness (QED) is 0.695. The van der Waals surface area contributed by atoms with Crippen molar-refractivity contribution in [3.63, 3.8) is 0 Å². The molecule has 0 bridgehead atoms. The van der Waals surface area contributed by atoms with Crippen LogP contribution >= 0.6 is 0 Å². The first-order chi connectivity index (χ1) is 12.2. The van der Waals surface area contributed by atoms with Gasteiger partial charge in [-0.15, -0.1) is 0 Å². The normalized spacial score (nSPS) is 10.3. The first-order valence-electron chi connectivity index (χ1n) is 8.01. The Hall–Kier alpha value is -3.21. The summed E-state index contributed by atoms with van der Waals surface area (Å²) in [5, 5.41) is 5.83. The van der Waals surface area contributed by atoms with E-state index in [-0.39, 0.29) is 11.7 Å². The molecular formula is C20H18FN3O. The van der Waals surface area contributed by atoms with Gasteiger partial charge in [-0.1, -0.05) is 36.4 Å². The zero-order valence-electron chi connectivity index (χ0n) is 13.6. The number of benzene rings is 2. The van der Waals surface area contributed by atoms with Crippen LogP contribution < -0.4 is 10.6 Å². The molecule has 1 amide bonds. The third-order valence-electron chi connectivity index (χ3n) is 3.63. The number of anilines is 3. The molecule has 0 aliphatic rings. The summed E-state index contributed by atoms with van der Waals surface area (Å²) >= 11 is 0. The number of amides is 1. The summed E-state index contributed by atoms with van der Waals surface area (Å²) in [5.74, 6) is 0.205. The summed E-state index contributed by atoms with van der Waals surface area (Å²) in [6.45, 7) is 0. The van der Waals surface area contributed by atoms with Gasteiger partial charge in [-0.25, -0.2) is 9.37 Å². The van der Waals surface area contributed by atoms with Gasteiger partial charge in [-0.3, -0.25) is 4.79 Å². The lowest BCUT2D eigenvalue weighted by Gasteiger charge is -2.08. The van der Waals surface area contributed by atoms with E-state index in [9.17, 15) is 9.18 Å². The van der Waals surface area contributed by atoms with Gasteiger partial charge in [-0.2, -0.15) is 0 Å². The van der Waals surface area contributed by atoms with E-state index in [1.54, 1.807) is 30.5 Å². The van der Waals surface area contributed by atoms with E-state index in [2.05, 4.69) is 15.6 Å². The van der Waals surface area contributed by atoms with Crippen LogP contribution in [0.15, 0.2) is 72.9 Å². The molecule has 0 spiro atoms. The predicted molar refractivity (Wildman–Crippen MR) is 97.3 cm³/mol. The summed E-state index contributed by atoms with van der Waals surface area (Å²) in [4.78, 5) is 16.2. The number of aryl methyl sites for hydroxylation is 1. The fraction of sp³-hybridized carbons (Fsp3) is 0.100.